The summed E-state index contributed by atoms with van der Waals surface area (Å²) in [4.78, 5) is 14.4. The summed E-state index contributed by atoms with van der Waals surface area (Å²) in [5.74, 6) is 0.694. The quantitative estimate of drug-likeness (QED) is 0.797. The molecular weight excluding hydrogens is 278 g/mol. The van der Waals surface area contributed by atoms with Gasteiger partial charge in [0.15, 0.2) is 0 Å². The summed E-state index contributed by atoms with van der Waals surface area (Å²) < 4.78 is 10.9. The van der Waals surface area contributed by atoms with E-state index < -0.39 is 0 Å². The zero-order valence-corrected chi connectivity index (χ0v) is 12.8. The molecule has 114 valence electrons. The van der Waals surface area contributed by atoms with Gasteiger partial charge in [-0.15, -0.1) is 0 Å². The predicted molar refractivity (Wildman–Crippen MR) is 85.6 cm³/mol. The minimum atomic E-state index is -0.0446. The number of anilines is 1. The topological polar surface area (TPSA) is 42.1 Å². The Morgan fingerprint density at radius 2 is 1.95 bits per heavy atom. The molecule has 1 unspecified atom stereocenters. The Bertz CT molecular complexity index is 665. The van der Waals surface area contributed by atoms with E-state index >= 15 is 0 Å². The molecule has 0 N–H and O–H groups in total. The standard InChI is InChI=1S/C18H19NO3/c1-13-16(9-6-10-17(13)22-12-15-11-21-15)18(20)19(2)14-7-4-3-5-8-14/h3-10,15H,11-12H2,1-2H3. The van der Waals surface area contributed by atoms with Crippen molar-refractivity contribution in [1.82, 2.24) is 0 Å². The second-order valence-electron chi connectivity index (χ2n) is 5.39. The monoisotopic (exact) mass is 297 g/mol. The van der Waals surface area contributed by atoms with Crippen molar-refractivity contribution in [3.63, 3.8) is 0 Å². The van der Waals surface area contributed by atoms with Crippen molar-refractivity contribution in [2.75, 3.05) is 25.2 Å². The molecule has 1 amide bonds. The maximum atomic E-state index is 12.7. The summed E-state index contributed by atoms with van der Waals surface area (Å²) in [6.45, 7) is 3.20. The summed E-state index contributed by atoms with van der Waals surface area (Å²) in [6, 6.07) is 15.2. The molecule has 3 rings (SSSR count). The average Bonchev–Trinajstić information content (AvgIpc) is 3.38. The highest BCUT2D eigenvalue weighted by atomic mass is 16.6. The van der Waals surface area contributed by atoms with Crippen LogP contribution >= 0.6 is 0 Å². The minimum Gasteiger partial charge on any atom is -0.490 e. The maximum Gasteiger partial charge on any atom is 0.258 e. The third kappa shape index (κ3) is 3.12. The van der Waals surface area contributed by atoms with Crippen LogP contribution < -0.4 is 9.64 Å². The molecule has 1 atom stereocenters. The lowest BCUT2D eigenvalue weighted by atomic mass is 10.1. The van der Waals surface area contributed by atoms with Gasteiger partial charge in [-0.05, 0) is 31.2 Å². The van der Waals surface area contributed by atoms with Crippen molar-refractivity contribution in [3.05, 3.63) is 59.7 Å². The zero-order valence-electron chi connectivity index (χ0n) is 12.8. The molecule has 1 aliphatic heterocycles. The summed E-state index contributed by atoms with van der Waals surface area (Å²) >= 11 is 0. The molecule has 1 fully saturated rings. The Kier molecular flexibility index (Phi) is 4.11. The maximum absolute atomic E-state index is 12.7. The lowest BCUT2D eigenvalue weighted by molar-refractivity contribution is 0.0992. The Labute approximate surface area is 130 Å². The highest BCUT2D eigenvalue weighted by molar-refractivity contribution is 6.07. The van der Waals surface area contributed by atoms with E-state index in [0.29, 0.717) is 12.2 Å². The van der Waals surface area contributed by atoms with E-state index in [-0.39, 0.29) is 12.0 Å². The van der Waals surface area contributed by atoms with Crippen molar-refractivity contribution in [2.24, 2.45) is 0 Å². The number of rotatable bonds is 5. The number of benzene rings is 2. The lowest BCUT2D eigenvalue weighted by Gasteiger charge is -2.19. The molecule has 1 aliphatic rings. The van der Waals surface area contributed by atoms with Crippen LogP contribution in [0.4, 0.5) is 5.69 Å². The summed E-state index contributed by atoms with van der Waals surface area (Å²) in [7, 11) is 1.78. The second-order valence-corrected chi connectivity index (χ2v) is 5.39. The van der Waals surface area contributed by atoms with Gasteiger partial charge >= 0.3 is 0 Å². The first-order valence-electron chi connectivity index (χ1n) is 7.34. The number of epoxide rings is 1. The highest BCUT2D eigenvalue weighted by Crippen LogP contribution is 2.25. The van der Waals surface area contributed by atoms with Crippen LogP contribution in [0.15, 0.2) is 48.5 Å². The van der Waals surface area contributed by atoms with Crippen LogP contribution in [-0.4, -0.2) is 32.3 Å². The Morgan fingerprint density at radius 3 is 2.64 bits per heavy atom. The van der Waals surface area contributed by atoms with Gasteiger partial charge in [0.05, 0.1) is 6.61 Å². The van der Waals surface area contributed by atoms with E-state index in [2.05, 4.69) is 0 Å². The number of hydrogen-bond donors (Lipinski definition) is 0. The third-order valence-corrected chi connectivity index (χ3v) is 3.79. The van der Waals surface area contributed by atoms with E-state index in [1.54, 1.807) is 11.9 Å². The number of ether oxygens (including phenoxy) is 2. The van der Waals surface area contributed by atoms with Crippen molar-refractivity contribution < 1.29 is 14.3 Å². The van der Waals surface area contributed by atoms with Gasteiger partial charge < -0.3 is 14.4 Å². The van der Waals surface area contributed by atoms with E-state index in [4.69, 9.17) is 9.47 Å². The molecular formula is C18H19NO3. The average molecular weight is 297 g/mol. The molecule has 2 aromatic rings. The predicted octanol–water partition coefficient (Wildman–Crippen LogP) is 3.05. The van der Waals surface area contributed by atoms with E-state index in [1.807, 2.05) is 55.5 Å². The van der Waals surface area contributed by atoms with Crippen molar-refractivity contribution in [2.45, 2.75) is 13.0 Å². The Morgan fingerprint density at radius 1 is 1.23 bits per heavy atom. The summed E-state index contributed by atoms with van der Waals surface area (Å²) in [6.07, 6.45) is 0.200. The molecule has 0 saturated carbocycles. The summed E-state index contributed by atoms with van der Waals surface area (Å²) in [5.41, 5.74) is 2.38. The first-order chi connectivity index (χ1) is 10.7. The molecule has 0 radical (unpaired) electrons. The first kappa shape index (κ1) is 14.6. The van der Waals surface area contributed by atoms with Gasteiger partial charge in [0, 0.05) is 23.9 Å². The van der Waals surface area contributed by atoms with E-state index in [9.17, 15) is 4.79 Å². The van der Waals surface area contributed by atoms with Crippen molar-refractivity contribution in [1.29, 1.82) is 0 Å². The van der Waals surface area contributed by atoms with Gasteiger partial charge in [0.1, 0.15) is 18.5 Å². The lowest BCUT2D eigenvalue weighted by Crippen LogP contribution is -2.27. The van der Waals surface area contributed by atoms with Crippen LogP contribution in [-0.2, 0) is 4.74 Å². The molecule has 1 heterocycles. The Hall–Kier alpha value is -2.33. The molecule has 0 aromatic heterocycles. The zero-order chi connectivity index (χ0) is 15.5. The fourth-order valence-corrected chi connectivity index (χ4v) is 2.30. The smallest absolute Gasteiger partial charge is 0.258 e. The minimum absolute atomic E-state index is 0.0446. The molecule has 0 bridgehead atoms. The van der Waals surface area contributed by atoms with Crippen molar-refractivity contribution in [3.8, 4) is 5.75 Å². The number of nitrogens with zero attached hydrogens (tertiary/aromatic N) is 1. The molecule has 4 nitrogen and oxygen atoms in total. The van der Waals surface area contributed by atoms with Gasteiger partial charge in [-0.2, -0.15) is 0 Å². The van der Waals surface area contributed by atoms with Crippen LogP contribution in [0.2, 0.25) is 0 Å². The van der Waals surface area contributed by atoms with Gasteiger partial charge in [-0.1, -0.05) is 24.3 Å². The molecule has 22 heavy (non-hydrogen) atoms. The Balaban J connectivity index is 1.80. The van der Waals surface area contributed by atoms with Gasteiger partial charge in [-0.25, -0.2) is 0 Å². The number of hydrogen-bond acceptors (Lipinski definition) is 3. The van der Waals surface area contributed by atoms with E-state index in [0.717, 1.165) is 23.6 Å². The van der Waals surface area contributed by atoms with Crippen LogP contribution in [0.1, 0.15) is 15.9 Å². The van der Waals surface area contributed by atoms with Crippen LogP contribution in [0.25, 0.3) is 0 Å². The number of carbonyl (C=O) groups excluding carboxylic acids is 1. The summed E-state index contributed by atoms with van der Waals surface area (Å²) in [5, 5.41) is 0. The van der Waals surface area contributed by atoms with Gasteiger partial charge in [-0.3, -0.25) is 4.79 Å². The molecule has 0 spiro atoms. The highest BCUT2D eigenvalue weighted by Gasteiger charge is 2.24. The van der Waals surface area contributed by atoms with Crippen LogP contribution in [0.3, 0.4) is 0 Å². The van der Waals surface area contributed by atoms with E-state index in [1.165, 1.54) is 0 Å². The molecule has 4 heteroatoms. The third-order valence-electron chi connectivity index (χ3n) is 3.79. The number of amides is 1. The number of carbonyl (C=O) groups is 1. The fourth-order valence-electron chi connectivity index (χ4n) is 2.30. The first-order valence-corrected chi connectivity index (χ1v) is 7.34. The second kappa shape index (κ2) is 6.20. The number of para-hydroxylation sites is 1. The van der Waals surface area contributed by atoms with Gasteiger partial charge in [0.25, 0.3) is 5.91 Å². The fraction of sp³-hybridized carbons (Fsp3) is 0.278. The molecule has 1 saturated heterocycles. The molecule has 2 aromatic carbocycles. The SMILES string of the molecule is Cc1c(OCC2CO2)cccc1C(=O)N(C)c1ccccc1. The molecule has 0 aliphatic carbocycles. The normalized spacial score (nSPS) is 16.2. The van der Waals surface area contributed by atoms with Crippen LogP contribution in [0, 0.1) is 6.92 Å². The van der Waals surface area contributed by atoms with Crippen molar-refractivity contribution >= 4 is 11.6 Å². The largest absolute Gasteiger partial charge is 0.490 e. The van der Waals surface area contributed by atoms with Gasteiger partial charge in [0.2, 0.25) is 0 Å². The van der Waals surface area contributed by atoms with Crippen LogP contribution in [0.5, 0.6) is 5.75 Å².